The van der Waals surface area contributed by atoms with Gasteiger partial charge in [-0.15, -0.1) is 0 Å². The molecule has 2 aromatic heterocycles. The predicted octanol–water partition coefficient (Wildman–Crippen LogP) is 0.459. The maximum atomic E-state index is 5.37. The van der Waals surface area contributed by atoms with Crippen LogP contribution in [0.5, 0.6) is 0 Å². The summed E-state index contributed by atoms with van der Waals surface area (Å²) in [5.41, 5.74) is 7.27. The van der Waals surface area contributed by atoms with E-state index < -0.39 is 0 Å². The molecule has 0 fully saturated rings. The molecule has 5 heteroatoms. The van der Waals surface area contributed by atoms with Gasteiger partial charge in [0.2, 0.25) is 5.95 Å². The SMILES string of the molecule is Cn1cc(-c2cnc(N)nc2)cn1. The van der Waals surface area contributed by atoms with Gasteiger partial charge in [0.15, 0.2) is 0 Å². The van der Waals surface area contributed by atoms with Gasteiger partial charge < -0.3 is 5.73 Å². The van der Waals surface area contributed by atoms with E-state index in [-0.39, 0.29) is 5.95 Å². The minimum absolute atomic E-state index is 0.285. The van der Waals surface area contributed by atoms with E-state index in [1.807, 2.05) is 13.2 Å². The Morgan fingerprint density at radius 1 is 1.15 bits per heavy atom. The smallest absolute Gasteiger partial charge is 0.219 e. The van der Waals surface area contributed by atoms with Crippen molar-refractivity contribution in [3.05, 3.63) is 24.8 Å². The first-order valence-electron chi connectivity index (χ1n) is 3.82. The van der Waals surface area contributed by atoms with Crippen molar-refractivity contribution in [3.63, 3.8) is 0 Å². The summed E-state index contributed by atoms with van der Waals surface area (Å²) in [6.45, 7) is 0. The number of anilines is 1. The number of hydrogen-bond donors (Lipinski definition) is 1. The molecule has 66 valence electrons. The molecule has 0 saturated carbocycles. The second kappa shape index (κ2) is 2.85. The molecule has 5 nitrogen and oxygen atoms in total. The van der Waals surface area contributed by atoms with Gasteiger partial charge in [0.05, 0.1) is 6.20 Å². The van der Waals surface area contributed by atoms with Gasteiger partial charge in [-0.3, -0.25) is 4.68 Å². The minimum atomic E-state index is 0.285. The first-order chi connectivity index (χ1) is 6.25. The first-order valence-corrected chi connectivity index (χ1v) is 3.82. The lowest BCUT2D eigenvalue weighted by Crippen LogP contribution is -1.93. The fourth-order valence-corrected chi connectivity index (χ4v) is 1.06. The average Bonchev–Trinajstić information content (AvgIpc) is 2.53. The van der Waals surface area contributed by atoms with Crippen molar-refractivity contribution >= 4 is 5.95 Å². The molecule has 0 amide bonds. The summed E-state index contributed by atoms with van der Waals surface area (Å²) in [6.07, 6.45) is 7.02. The number of nitrogen functional groups attached to an aromatic ring is 1. The Morgan fingerprint density at radius 3 is 2.38 bits per heavy atom. The summed E-state index contributed by atoms with van der Waals surface area (Å²) in [6, 6.07) is 0. The Labute approximate surface area is 75.2 Å². The molecule has 0 aliphatic rings. The van der Waals surface area contributed by atoms with Crippen LogP contribution in [0.3, 0.4) is 0 Å². The number of rotatable bonds is 1. The summed E-state index contributed by atoms with van der Waals surface area (Å²) in [5, 5.41) is 4.05. The van der Waals surface area contributed by atoms with Crippen LogP contribution < -0.4 is 5.73 Å². The topological polar surface area (TPSA) is 69.6 Å². The van der Waals surface area contributed by atoms with Crippen LogP contribution >= 0.6 is 0 Å². The largest absolute Gasteiger partial charge is 0.368 e. The van der Waals surface area contributed by atoms with E-state index >= 15 is 0 Å². The zero-order valence-corrected chi connectivity index (χ0v) is 7.18. The van der Waals surface area contributed by atoms with Gasteiger partial charge in [0, 0.05) is 36.8 Å². The van der Waals surface area contributed by atoms with Gasteiger partial charge in [0.1, 0.15) is 0 Å². The molecule has 0 aromatic carbocycles. The van der Waals surface area contributed by atoms with Crippen molar-refractivity contribution in [1.82, 2.24) is 19.7 Å². The van der Waals surface area contributed by atoms with Crippen LogP contribution in [0.2, 0.25) is 0 Å². The fraction of sp³-hybridized carbons (Fsp3) is 0.125. The quantitative estimate of drug-likeness (QED) is 0.683. The average molecular weight is 175 g/mol. The lowest BCUT2D eigenvalue weighted by Gasteiger charge is -1.94. The van der Waals surface area contributed by atoms with Crippen LogP contribution in [-0.2, 0) is 7.05 Å². The molecule has 0 bridgehead atoms. The Kier molecular flexibility index (Phi) is 1.70. The molecule has 0 aliphatic heterocycles. The van der Waals surface area contributed by atoms with Crippen molar-refractivity contribution in [3.8, 4) is 11.1 Å². The third kappa shape index (κ3) is 1.48. The molecule has 0 radical (unpaired) electrons. The van der Waals surface area contributed by atoms with Gasteiger partial charge in [-0.05, 0) is 0 Å². The number of nitrogens with zero attached hydrogens (tertiary/aromatic N) is 4. The summed E-state index contributed by atoms with van der Waals surface area (Å²) in [4.78, 5) is 7.79. The Morgan fingerprint density at radius 2 is 1.85 bits per heavy atom. The maximum absolute atomic E-state index is 5.37. The summed E-state index contributed by atoms with van der Waals surface area (Å²) < 4.78 is 1.73. The standard InChI is InChI=1S/C8H9N5/c1-13-5-7(4-12-13)6-2-10-8(9)11-3-6/h2-5H,1H3,(H2,9,10,11). The summed E-state index contributed by atoms with van der Waals surface area (Å²) in [7, 11) is 1.86. The van der Waals surface area contributed by atoms with Crippen LogP contribution in [-0.4, -0.2) is 19.7 Å². The highest BCUT2D eigenvalue weighted by Gasteiger charge is 2.00. The van der Waals surface area contributed by atoms with Crippen LogP contribution in [0.1, 0.15) is 0 Å². The highest BCUT2D eigenvalue weighted by Crippen LogP contribution is 2.15. The van der Waals surface area contributed by atoms with E-state index in [4.69, 9.17) is 5.73 Å². The van der Waals surface area contributed by atoms with E-state index in [9.17, 15) is 0 Å². The van der Waals surface area contributed by atoms with E-state index in [2.05, 4.69) is 15.1 Å². The third-order valence-corrected chi connectivity index (χ3v) is 1.71. The normalized spacial score (nSPS) is 10.2. The molecule has 0 aliphatic carbocycles. The van der Waals surface area contributed by atoms with E-state index in [0.29, 0.717) is 0 Å². The Hall–Kier alpha value is -1.91. The van der Waals surface area contributed by atoms with Crippen LogP contribution in [0.25, 0.3) is 11.1 Å². The predicted molar refractivity (Wildman–Crippen MR) is 48.6 cm³/mol. The number of aryl methyl sites for hydroxylation is 1. The zero-order valence-electron chi connectivity index (χ0n) is 7.18. The fourth-order valence-electron chi connectivity index (χ4n) is 1.06. The molecule has 13 heavy (non-hydrogen) atoms. The maximum Gasteiger partial charge on any atom is 0.219 e. The van der Waals surface area contributed by atoms with E-state index in [0.717, 1.165) is 11.1 Å². The number of aromatic nitrogens is 4. The molecule has 0 spiro atoms. The molecular weight excluding hydrogens is 166 g/mol. The molecule has 0 unspecified atom stereocenters. The molecule has 2 heterocycles. The van der Waals surface area contributed by atoms with Gasteiger partial charge >= 0.3 is 0 Å². The van der Waals surface area contributed by atoms with Gasteiger partial charge in [-0.2, -0.15) is 5.10 Å². The number of nitrogens with two attached hydrogens (primary N) is 1. The van der Waals surface area contributed by atoms with Crippen LogP contribution in [0, 0.1) is 0 Å². The van der Waals surface area contributed by atoms with Crippen molar-refractivity contribution in [1.29, 1.82) is 0 Å². The molecule has 0 atom stereocenters. The molecule has 2 rings (SSSR count). The lowest BCUT2D eigenvalue weighted by molar-refractivity contribution is 0.768. The number of hydrogen-bond acceptors (Lipinski definition) is 4. The van der Waals surface area contributed by atoms with Crippen molar-refractivity contribution in [2.75, 3.05) is 5.73 Å². The zero-order chi connectivity index (χ0) is 9.26. The van der Waals surface area contributed by atoms with E-state index in [1.54, 1.807) is 23.3 Å². The van der Waals surface area contributed by atoms with Gasteiger partial charge in [0.25, 0.3) is 0 Å². The summed E-state index contributed by atoms with van der Waals surface area (Å²) >= 11 is 0. The third-order valence-electron chi connectivity index (χ3n) is 1.71. The first kappa shape index (κ1) is 7.72. The molecule has 0 saturated heterocycles. The molecular formula is C8H9N5. The second-order valence-corrected chi connectivity index (χ2v) is 2.73. The minimum Gasteiger partial charge on any atom is -0.368 e. The Bertz CT molecular complexity index is 403. The lowest BCUT2D eigenvalue weighted by atomic mass is 10.2. The summed E-state index contributed by atoms with van der Waals surface area (Å²) in [5.74, 6) is 0.285. The second-order valence-electron chi connectivity index (χ2n) is 2.73. The Balaban J connectivity index is 2.41. The molecule has 2 aromatic rings. The van der Waals surface area contributed by atoms with Gasteiger partial charge in [-0.1, -0.05) is 0 Å². The highest BCUT2D eigenvalue weighted by molar-refractivity contribution is 5.59. The van der Waals surface area contributed by atoms with Crippen molar-refractivity contribution < 1.29 is 0 Å². The van der Waals surface area contributed by atoms with Crippen LogP contribution in [0.4, 0.5) is 5.95 Å². The highest BCUT2D eigenvalue weighted by atomic mass is 15.2. The van der Waals surface area contributed by atoms with E-state index in [1.165, 1.54) is 0 Å². The van der Waals surface area contributed by atoms with Gasteiger partial charge in [-0.25, -0.2) is 9.97 Å². The van der Waals surface area contributed by atoms with Crippen molar-refractivity contribution in [2.45, 2.75) is 0 Å². The van der Waals surface area contributed by atoms with Crippen molar-refractivity contribution in [2.24, 2.45) is 7.05 Å². The monoisotopic (exact) mass is 175 g/mol. The molecule has 2 N–H and O–H groups in total. The van der Waals surface area contributed by atoms with Crippen LogP contribution in [0.15, 0.2) is 24.8 Å².